The number of aromatic nitrogens is 3. The van der Waals surface area contributed by atoms with E-state index in [1.165, 1.54) is 11.1 Å². The van der Waals surface area contributed by atoms with Gasteiger partial charge in [-0.2, -0.15) is 0 Å². The standard InChI is InChI=1S/C63H71N3O/c1-15-40(16-2)41-25-27-42(28-26-41)44-31-32-64-54(36-44)46-33-45(34-48(35-46)61(6,7)8)50-23-20-24-56-57(50)65-59(52-38-49(62(9,10)11)39-53(58(52)67)63(12,13)14)66(56)55-30-29-47(60(3,4)5)37-51(55)43-21-18-17-19-22-43/h17-40,67H,15-16H2,1-14H3/i40D. The SMILES string of the molecule is [2H]C(CC)(CC)c1ccc(-c2ccnc(-c3cc(-c4cccc5c4nc(-c4cc(C(C)(C)C)cc(C(C)(C)C)c4O)n5-c4ccc(C(C)(C)C)cc4-c4ccccc4)cc(C(C)(C)C)c3)c2)cc1. The Balaban J connectivity index is 1.41. The van der Waals surface area contributed by atoms with Crippen LogP contribution in [0.3, 0.4) is 0 Å². The molecule has 4 heteroatoms. The third-order valence-corrected chi connectivity index (χ3v) is 13.5. The van der Waals surface area contributed by atoms with E-state index in [0.717, 1.165) is 90.9 Å². The Morgan fingerprint density at radius 1 is 0.522 bits per heavy atom. The van der Waals surface area contributed by atoms with Crippen LogP contribution in [0.15, 0.2) is 140 Å². The molecular formula is C63H71N3O. The number of phenolic OH excluding ortho intramolecular Hbond substituents is 1. The van der Waals surface area contributed by atoms with Crippen molar-refractivity contribution < 1.29 is 6.48 Å². The first-order valence-corrected chi connectivity index (χ1v) is 24.2. The number of pyridine rings is 1. The first kappa shape index (κ1) is 45.9. The molecule has 0 atom stereocenters. The van der Waals surface area contributed by atoms with E-state index in [9.17, 15) is 5.11 Å². The third kappa shape index (κ3) is 9.51. The predicted octanol–water partition coefficient (Wildman–Crippen LogP) is 17.6. The number of fused-ring (bicyclic) bond motifs is 1. The normalized spacial score (nSPS) is 13.0. The number of aromatic hydroxyl groups is 1. The summed E-state index contributed by atoms with van der Waals surface area (Å²) in [6.45, 7) is 31.0. The van der Waals surface area contributed by atoms with Gasteiger partial charge in [0.1, 0.15) is 11.6 Å². The number of imidazole rings is 1. The first-order valence-electron chi connectivity index (χ1n) is 24.7. The van der Waals surface area contributed by atoms with Crippen LogP contribution in [0.5, 0.6) is 5.75 Å². The number of para-hydroxylation sites is 1. The summed E-state index contributed by atoms with van der Waals surface area (Å²) in [5.74, 6) is 0.359. The largest absolute Gasteiger partial charge is 0.507 e. The number of benzene rings is 6. The van der Waals surface area contributed by atoms with Crippen LogP contribution in [-0.2, 0) is 21.7 Å². The molecular weight excluding hydrogens is 815 g/mol. The zero-order chi connectivity index (χ0) is 49.1. The minimum absolute atomic E-state index is 0.0800. The van der Waals surface area contributed by atoms with Gasteiger partial charge in [-0.1, -0.05) is 182 Å². The fourth-order valence-electron chi connectivity index (χ4n) is 9.30. The summed E-state index contributed by atoms with van der Waals surface area (Å²) in [4.78, 5) is 10.7. The highest BCUT2D eigenvalue weighted by molar-refractivity contribution is 5.98. The van der Waals surface area contributed by atoms with Crippen molar-refractivity contribution in [2.24, 2.45) is 0 Å². The summed E-state index contributed by atoms with van der Waals surface area (Å²) in [6, 6.07) is 48.0. The van der Waals surface area contributed by atoms with Gasteiger partial charge in [0.15, 0.2) is 0 Å². The van der Waals surface area contributed by atoms with Crippen molar-refractivity contribution in [3.63, 3.8) is 0 Å². The Morgan fingerprint density at radius 2 is 1.15 bits per heavy atom. The Hall–Kier alpha value is -6.26. The summed E-state index contributed by atoms with van der Waals surface area (Å²) in [6.07, 6.45) is 3.45. The highest BCUT2D eigenvalue weighted by Gasteiger charge is 2.30. The third-order valence-electron chi connectivity index (χ3n) is 13.5. The molecule has 0 saturated carbocycles. The molecule has 1 N–H and O–H groups in total. The van der Waals surface area contributed by atoms with Crippen LogP contribution >= 0.6 is 0 Å². The minimum atomic E-state index is -0.585. The first-order chi connectivity index (χ1) is 31.9. The van der Waals surface area contributed by atoms with E-state index in [-0.39, 0.29) is 27.4 Å². The fourth-order valence-corrected chi connectivity index (χ4v) is 9.30. The van der Waals surface area contributed by atoms with Crippen molar-refractivity contribution in [3.05, 3.63) is 167 Å². The van der Waals surface area contributed by atoms with Gasteiger partial charge in [-0.25, -0.2) is 4.98 Å². The van der Waals surface area contributed by atoms with Crippen molar-refractivity contribution in [2.45, 2.75) is 137 Å². The second-order valence-corrected chi connectivity index (χ2v) is 22.6. The van der Waals surface area contributed by atoms with Crippen LogP contribution in [0.4, 0.5) is 0 Å². The maximum Gasteiger partial charge on any atom is 0.149 e. The second-order valence-electron chi connectivity index (χ2n) is 22.6. The number of hydrogen-bond acceptors (Lipinski definition) is 3. The molecule has 2 heterocycles. The molecule has 0 radical (unpaired) electrons. The average molecular weight is 887 g/mol. The van der Waals surface area contributed by atoms with Crippen molar-refractivity contribution in [1.82, 2.24) is 14.5 Å². The number of rotatable bonds is 9. The molecule has 0 saturated heterocycles. The zero-order valence-electron chi connectivity index (χ0n) is 43.5. The summed E-state index contributed by atoms with van der Waals surface area (Å²) in [5.41, 5.74) is 16.6. The van der Waals surface area contributed by atoms with Gasteiger partial charge in [0.25, 0.3) is 0 Å². The molecule has 0 aliphatic heterocycles. The molecule has 0 bridgehead atoms. The summed E-state index contributed by atoms with van der Waals surface area (Å²) < 4.78 is 11.3. The van der Waals surface area contributed by atoms with Crippen LogP contribution in [0.25, 0.3) is 72.7 Å². The Morgan fingerprint density at radius 3 is 1.78 bits per heavy atom. The molecule has 4 nitrogen and oxygen atoms in total. The van der Waals surface area contributed by atoms with Crippen LogP contribution in [0.1, 0.15) is 145 Å². The van der Waals surface area contributed by atoms with Crippen molar-refractivity contribution in [2.75, 3.05) is 0 Å². The molecule has 6 aromatic carbocycles. The molecule has 0 amide bonds. The van der Waals surface area contributed by atoms with Crippen LogP contribution < -0.4 is 0 Å². The monoisotopic (exact) mass is 887 g/mol. The molecule has 8 rings (SSSR count). The maximum atomic E-state index is 12.6. The molecule has 2 aromatic heterocycles. The lowest BCUT2D eigenvalue weighted by atomic mass is 9.79. The molecule has 0 unspecified atom stereocenters. The van der Waals surface area contributed by atoms with Gasteiger partial charge >= 0.3 is 0 Å². The molecule has 8 aromatic rings. The lowest BCUT2D eigenvalue weighted by molar-refractivity contribution is 0.446. The quantitative estimate of drug-likeness (QED) is 0.157. The molecule has 67 heavy (non-hydrogen) atoms. The average Bonchev–Trinajstić information content (AvgIpc) is 3.69. The molecule has 344 valence electrons. The van der Waals surface area contributed by atoms with Crippen molar-refractivity contribution in [3.8, 4) is 67.5 Å². The van der Waals surface area contributed by atoms with E-state index in [0.29, 0.717) is 11.4 Å². The zero-order valence-corrected chi connectivity index (χ0v) is 42.5. The van der Waals surface area contributed by atoms with Crippen LogP contribution in [0, 0.1) is 0 Å². The van der Waals surface area contributed by atoms with Crippen LogP contribution in [-0.4, -0.2) is 19.6 Å². The summed E-state index contributed by atoms with van der Waals surface area (Å²) >= 11 is 0. The fraction of sp³-hybridized carbons (Fsp3) is 0.333. The van der Waals surface area contributed by atoms with E-state index in [4.69, 9.17) is 11.3 Å². The van der Waals surface area contributed by atoms with Gasteiger partial charge in [0, 0.05) is 29.8 Å². The number of nitrogens with zero attached hydrogens (tertiary/aromatic N) is 3. The van der Waals surface area contributed by atoms with Crippen molar-refractivity contribution >= 4 is 11.0 Å². The highest BCUT2D eigenvalue weighted by atomic mass is 16.3. The minimum Gasteiger partial charge on any atom is -0.507 e. The Labute approximate surface area is 402 Å². The van der Waals surface area contributed by atoms with E-state index in [2.05, 4.69) is 235 Å². The van der Waals surface area contributed by atoms with E-state index >= 15 is 0 Å². The van der Waals surface area contributed by atoms with Gasteiger partial charge in [0.05, 0.1) is 28.0 Å². The second kappa shape index (κ2) is 17.8. The molecule has 0 fully saturated rings. The van der Waals surface area contributed by atoms with Gasteiger partial charge in [0.2, 0.25) is 0 Å². The van der Waals surface area contributed by atoms with Crippen molar-refractivity contribution in [1.29, 1.82) is 0 Å². The smallest absolute Gasteiger partial charge is 0.149 e. The summed E-state index contributed by atoms with van der Waals surface area (Å²) in [5, 5.41) is 12.6. The Kier molecular flexibility index (Phi) is 12.2. The molecule has 0 aliphatic rings. The lowest BCUT2D eigenvalue weighted by Crippen LogP contribution is -2.17. The summed E-state index contributed by atoms with van der Waals surface area (Å²) in [7, 11) is 0. The number of phenols is 1. The topological polar surface area (TPSA) is 50.9 Å². The van der Waals surface area contributed by atoms with Gasteiger partial charge in [-0.3, -0.25) is 9.55 Å². The van der Waals surface area contributed by atoms with Gasteiger partial charge < -0.3 is 5.11 Å². The van der Waals surface area contributed by atoms with E-state index in [1.807, 2.05) is 6.20 Å². The lowest BCUT2D eigenvalue weighted by Gasteiger charge is -2.28. The van der Waals surface area contributed by atoms with E-state index < -0.39 is 5.89 Å². The Bertz CT molecular complexity index is 3130. The van der Waals surface area contributed by atoms with Gasteiger partial charge in [-0.05, 0) is 133 Å². The molecule has 0 spiro atoms. The van der Waals surface area contributed by atoms with Crippen LogP contribution in [0.2, 0.25) is 0 Å². The predicted molar refractivity (Wildman–Crippen MR) is 286 cm³/mol. The molecule has 0 aliphatic carbocycles. The van der Waals surface area contributed by atoms with Gasteiger partial charge in [-0.15, -0.1) is 0 Å². The highest BCUT2D eigenvalue weighted by Crippen LogP contribution is 2.46. The van der Waals surface area contributed by atoms with E-state index in [1.54, 1.807) is 0 Å². The number of hydrogen-bond donors (Lipinski definition) is 1. The maximum absolute atomic E-state index is 12.6.